The van der Waals surface area contributed by atoms with Crippen molar-refractivity contribution in [3.8, 4) is 0 Å². The molecule has 0 aliphatic rings. The Hall–Kier alpha value is -1.58. The van der Waals surface area contributed by atoms with Gasteiger partial charge in [-0.1, -0.05) is 24.3 Å². The molecule has 102 valence electrons. The predicted octanol–water partition coefficient (Wildman–Crippen LogP) is 3.24. The molecule has 2 rings (SSSR count). The molecule has 3 nitrogen and oxygen atoms in total. The highest BCUT2D eigenvalue weighted by molar-refractivity contribution is 5.27. The van der Waals surface area contributed by atoms with Gasteiger partial charge in [0.25, 0.3) is 0 Å². The topological polar surface area (TPSA) is 34.4 Å². The molecular weight excluding hydrogens is 238 g/mol. The molecule has 3 heteroatoms. The van der Waals surface area contributed by atoms with E-state index in [1.165, 1.54) is 11.1 Å². The quantitative estimate of drug-likeness (QED) is 0.864. The Balaban J connectivity index is 2.13. The van der Waals surface area contributed by atoms with Gasteiger partial charge < -0.3 is 14.5 Å². The molecule has 0 amide bonds. The number of methoxy groups -OCH3 is 1. The average Bonchev–Trinajstić information content (AvgIpc) is 2.87. The zero-order valence-corrected chi connectivity index (χ0v) is 11.8. The van der Waals surface area contributed by atoms with E-state index in [2.05, 4.69) is 36.5 Å². The molecule has 0 saturated carbocycles. The van der Waals surface area contributed by atoms with Crippen LogP contribution in [0.15, 0.2) is 40.8 Å². The smallest absolute Gasteiger partial charge is 0.129 e. The summed E-state index contributed by atoms with van der Waals surface area (Å²) in [7, 11) is 3.63. The normalized spacial score (nSPS) is 12.6. The minimum absolute atomic E-state index is 0.187. The van der Waals surface area contributed by atoms with Gasteiger partial charge in [-0.15, -0.1) is 0 Å². The third-order valence-electron chi connectivity index (χ3n) is 3.35. The molecule has 1 heterocycles. The van der Waals surface area contributed by atoms with Gasteiger partial charge in [-0.05, 0) is 43.7 Å². The Morgan fingerprint density at radius 2 is 2.00 bits per heavy atom. The number of hydrogen-bond donors (Lipinski definition) is 1. The summed E-state index contributed by atoms with van der Waals surface area (Å²) in [6, 6.07) is 12.6. The first-order valence-electron chi connectivity index (χ1n) is 6.54. The fourth-order valence-electron chi connectivity index (χ4n) is 2.21. The van der Waals surface area contributed by atoms with Crippen LogP contribution in [0.1, 0.15) is 28.7 Å². The van der Waals surface area contributed by atoms with Gasteiger partial charge in [0.05, 0.1) is 6.04 Å². The van der Waals surface area contributed by atoms with Crippen LogP contribution in [0.5, 0.6) is 0 Å². The van der Waals surface area contributed by atoms with Crippen molar-refractivity contribution in [1.82, 2.24) is 5.32 Å². The van der Waals surface area contributed by atoms with E-state index in [1.54, 1.807) is 7.11 Å². The number of hydrogen-bond acceptors (Lipinski definition) is 3. The molecule has 19 heavy (non-hydrogen) atoms. The van der Waals surface area contributed by atoms with Crippen molar-refractivity contribution >= 4 is 0 Å². The lowest BCUT2D eigenvalue weighted by Gasteiger charge is -2.15. The standard InChI is InChI=1S/C16H21NO2/c1-12-6-4-5-7-13(12)10-15(17-2)16-9-8-14(19-16)11-18-3/h4-9,15,17H,10-11H2,1-3H3. The molecule has 0 fully saturated rings. The summed E-state index contributed by atoms with van der Waals surface area (Å²) >= 11 is 0. The van der Waals surface area contributed by atoms with Crippen molar-refractivity contribution < 1.29 is 9.15 Å². The molecule has 0 saturated heterocycles. The molecule has 1 aromatic heterocycles. The number of benzene rings is 1. The zero-order valence-electron chi connectivity index (χ0n) is 11.8. The van der Waals surface area contributed by atoms with E-state index in [-0.39, 0.29) is 6.04 Å². The van der Waals surface area contributed by atoms with Gasteiger partial charge in [0, 0.05) is 7.11 Å². The molecule has 1 N–H and O–H groups in total. The minimum Gasteiger partial charge on any atom is -0.462 e. The van der Waals surface area contributed by atoms with Crippen LogP contribution in [-0.2, 0) is 17.8 Å². The Bertz CT molecular complexity index is 519. The second-order valence-corrected chi connectivity index (χ2v) is 4.71. The lowest BCUT2D eigenvalue weighted by Crippen LogP contribution is -2.18. The molecule has 0 aliphatic heterocycles. The van der Waals surface area contributed by atoms with Gasteiger partial charge in [-0.25, -0.2) is 0 Å². The number of aryl methyl sites for hydroxylation is 1. The number of furan rings is 1. The van der Waals surface area contributed by atoms with Crippen LogP contribution in [-0.4, -0.2) is 14.2 Å². The monoisotopic (exact) mass is 259 g/mol. The number of likely N-dealkylation sites (N-methyl/N-ethyl adjacent to an activating group) is 1. The molecule has 1 atom stereocenters. The summed E-state index contributed by atoms with van der Waals surface area (Å²) in [4.78, 5) is 0. The SMILES string of the molecule is CNC(Cc1ccccc1C)c1ccc(COC)o1. The summed E-state index contributed by atoms with van der Waals surface area (Å²) in [5.41, 5.74) is 2.65. The van der Waals surface area contributed by atoms with Gasteiger partial charge >= 0.3 is 0 Å². The highest BCUT2D eigenvalue weighted by Gasteiger charge is 2.15. The van der Waals surface area contributed by atoms with Gasteiger partial charge in [0.1, 0.15) is 18.1 Å². The molecule has 2 aromatic rings. The summed E-state index contributed by atoms with van der Waals surface area (Å²) in [5.74, 6) is 1.82. The fraction of sp³-hybridized carbons (Fsp3) is 0.375. The van der Waals surface area contributed by atoms with E-state index in [4.69, 9.17) is 9.15 Å². The largest absolute Gasteiger partial charge is 0.462 e. The molecular formula is C16H21NO2. The second kappa shape index (κ2) is 6.55. The van der Waals surface area contributed by atoms with Crippen LogP contribution in [0.2, 0.25) is 0 Å². The van der Waals surface area contributed by atoms with E-state index >= 15 is 0 Å². The summed E-state index contributed by atoms with van der Waals surface area (Å²) < 4.78 is 10.9. The lowest BCUT2D eigenvalue weighted by molar-refractivity contribution is 0.161. The Kier molecular flexibility index (Phi) is 4.77. The molecule has 0 aliphatic carbocycles. The third-order valence-corrected chi connectivity index (χ3v) is 3.35. The van der Waals surface area contributed by atoms with Crippen LogP contribution >= 0.6 is 0 Å². The summed E-state index contributed by atoms with van der Waals surface area (Å²) in [6.07, 6.45) is 0.920. The van der Waals surface area contributed by atoms with Crippen LogP contribution < -0.4 is 5.32 Å². The molecule has 0 radical (unpaired) electrons. The predicted molar refractivity (Wildman–Crippen MR) is 76.1 cm³/mol. The van der Waals surface area contributed by atoms with Gasteiger partial charge in [0.15, 0.2) is 0 Å². The van der Waals surface area contributed by atoms with Crippen LogP contribution in [0.25, 0.3) is 0 Å². The first kappa shape index (κ1) is 13.8. The van der Waals surface area contributed by atoms with Crippen LogP contribution in [0.4, 0.5) is 0 Å². The maximum atomic E-state index is 5.80. The van der Waals surface area contributed by atoms with E-state index in [0.29, 0.717) is 6.61 Å². The Labute approximate surface area is 114 Å². The van der Waals surface area contributed by atoms with E-state index in [0.717, 1.165) is 17.9 Å². The minimum atomic E-state index is 0.187. The van der Waals surface area contributed by atoms with Crippen molar-refractivity contribution in [2.75, 3.05) is 14.2 Å². The number of rotatable bonds is 6. The lowest BCUT2D eigenvalue weighted by atomic mass is 10.00. The molecule has 0 bridgehead atoms. The average molecular weight is 259 g/mol. The maximum absolute atomic E-state index is 5.80. The van der Waals surface area contributed by atoms with Gasteiger partial charge in [0.2, 0.25) is 0 Å². The molecule has 1 unspecified atom stereocenters. The van der Waals surface area contributed by atoms with Crippen molar-refractivity contribution in [1.29, 1.82) is 0 Å². The third kappa shape index (κ3) is 3.46. The van der Waals surface area contributed by atoms with Crippen molar-refractivity contribution in [2.24, 2.45) is 0 Å². The number of ether oxygens (including phenoxy) is 1. The first-order valence-corrected chi connectivity index (χ1v) is 6.54. The summed E-state index contributed by atoms with van der Waals surface area (Å²) in [6.45, 7) is 2.65. The zero-order chi connectivity index (χ0) is 13.7. The second-order valence-electron chi connectivity index (χ2n) is 4.71. The Morgan fingerprint density at radius 3 is 2.68 bits per heavy atom. The molecule has 0 spiro atoms. The fourth-order valence-corrected chi connectivity index (χ4v) is 2.21. The van der Waals surface area contributed by atoms with E-state index < -0.39 is 0 Å². The van der Waals surface area contributed by atoms with E-state index in [9.17, 15) is 0 Å². The highest BCUT2D eigenvalue weighted by Crippen LogP contribution is 2.22. The Morgan fingerprint density at radius 1 is 1.21 bits per heavy atom. The van der Waals surface area contributed by atoms with Crippen molar-refractivity contribution in [2.45, 2.75) is 26.0 Å². The van der Waals surface area contributed by atoms with Crippen molar-refractivity contribution in [3.63, 3.8) is 0 Å². The number of nitrogens with one attached hydrogen (secondary N) is 1. The highest BCUT2D eigenvalue weighted by atomic mass is 16.5. The summed E-state index contributed by atoms with van der Waals surface area (Å²) in [5, 5.41) is 3.31. The van der Waals surface area contributed by atoms with Crippen LogP contribution in [0.3, 0.4) is 0 Å². The van der Waals surface area contributed by atoms with Crippen LogP contribution in [0, 0.1) is 6.92 Å². The first-order chi connectivity index (χ1) is 9.24. The maximum Gasteiger partial charge on any atom is 0.129 e. The molecule has 1 aromatic carbocycles. The van der Waals surface area contributed by atoms with Gasteiger partial charge in [-0.2, -0.15) is 0 Å². The van der Waals surface area contributed by atoms with E-state index in [1.807, 2.05) is 19.2 Å². The van der Waals surface area contributed by atoms with Crippen molar-refractivity contribution in [3.05, 3.63) is 59.0 Å². The van der Waals surface area contributed by atoms with Gasteiger partial charge in [-0.3, -0.25) is 0 Å².